The third-order valence-corrected chi connectivity index (χ3v) is 5.36. The molecule has 1 amide bonds. The molecule has 1 saturated carbocycles. The molecule has 0 radical (unpaired) electrons. The van der Waals surface area contributed by atoms with E-state index in [1.54, 1.807) is 18.2 Å². The van der Waals surface area contributed by atoms with Gasteiger partial charge in [-0.2, -0.15) is 0 Å². The summed E-state index contributed by atoms with van der Waals surface area (Å²) in [5, 5.41) is 3.46. The number of halogens is 1. The lowest BCUT2D eigenvalue weighted by atomic mass is 9.88. The van der Waals surface area contributed by atoms with Gasteiger partial charge in [-0.15, -0.1) is 0 Å². The zero-order chi connectivity index (χ0) is 20.2. The number of amides is 1. The largest absolute Gasteiger partial charge is 0.487 e. The van der Waals surface area contributed by atoms with Crippen LogP contribution in [0.4, 0.5) is 5.69 Å². The molecule has 1 N–H and O–H groups in total. The second-order valence-corrected chi connectivity index (χ2v) is 7.74. The Morgan fingerprint density at radius 3 is 2.83 bits per heavy atom. The fraction of sp³-hybridized carbons (Fsp3) is 0.318. The van der Waals surface area contributed by atoms with E-state index in [0.29, 0.717) is 27.8 Å². The van der Waals surface area contributed by atoms with Crippen molar-refractivity contribution in [1.82, 2.24) is 9.38 Å². The Morgan fingerprint density at radius 2 is 2.00 bits per heavy atom. The van der Waals surface area contributed by atoms with Gasteiger partial charge < -0.3 is 10.1 Å². The highest BCUT2D eigenvalue weighted by molar-refractivity contribution is 6.30. The molecule has 7 heteroatoms. The molecule has 6 nitrogen and oxygen atoms in total. The average molecular weight is 412 g/mol. The molecule has 150 valence electrons. The molecule has 0 spiro atoms. The van der Waals surface area contributed by atoms with Crippen LogP contribution in [0, 0.1) is 5.92 Å². The Hall–Kier alpha value is -2.86. The predicted molar refractivity (Wildman–Crippen MR) is 112 cm³/mol. The van der Waals surface area contributed by atoms with Gasteiger partial charge in [-0.25, -0.2) is 4.98 Å². The number of fused-ring (bicyclic) bond motifs is 1. The van der Waals surface area contributed by atoms with Crippen LogP contribution in [0.15, 0.2) is 53.5 Å². The van der Waals surface area contributed by atoms with E-state index in [2.05, 4.69) is 10.3 Å². The zero-order valence-electron chi connectivity index (χ0n) is 15.9. The lowest BCUT2D eigenvalue weighted by Gasteiger charge is -2.20. The Kier molecular flexibility index (Phi) is 5.81. The number of aromatic nitrogens is 2. The van der Waals surface area contributed by atoms with Gasteiger partial charge in [-0.05, 0) is 37.1 Å². The topological polar surface area (TPSA) is 72.7 Å². The molecule has 0 bridgehead atoms. The number of nitrogens with zero attached hydrogens (tertiary/aromatic N) is 2. The van der Waals surface area contributed by atoms with Gasteiger partial charge in [0.05, 0.1) is 10.7 Å². The first-order chi connectivity index (χ1) is 14.1. The average Bonchev–Trinajstić information content (AvgIpc) is 2.74. The van der Waals surface area contributed by atoms with Crippen LogP contribution in [0.3, 0.4) is 0 Å². The molecular formula is C22H22ClN3O3. The Bertz CT molecular complexity index is 1090. The van der Waals surface area contributed by atoms with Gasteiger partial charge in [0.2, 0.25) is 5.91 Å². The van der Waals surface area contributed by atoms with E-state index in [4.69, 9.17) is 16.3 Å². The van der Waals surface area contributed by atoms with Gasteiger partial charge >= 0.3 is 0 Å². The molecule has 1 aromatic carbocycles. The second-order valence-electron chi connectivity index (χ2n) is 7.30. The molecule has 3 aromatic rings. The standard InChI is InChI=1S/C22H22ClN3O3/c23-16-9-10-20-24-18(12-21(27)26(20)13-16)14-29-19-8-4-7-17(11-19)25-22(28)15-5-2-1-3-6-15/h4,7-13,15H,1-3,5-6,14H2,(H,25,28). The highest BCUT2D eigenvalue weighted by Crippen LogP contribution is 2.26. The number of nitrogens with one attached hydrogen (secondary N) is 1. The van der Waals surface area contributed by atoms with E-state index < -0.39 is 0 Å². The maximum atomic E-state index is 12.4. The van der Waals surface area contributed by atoms with Crippen molar-refractivity contribution in [1.29, 1.82) is 0 Å². The number of rotatable bonds is 5. The summed E-state index contributed by atoms with van der Waals surface area (Å²) in [6.45, 7) is 0.147. The van der Waals surface area contributed by atoms with Crippen LogP contribution in [0.1, 0.15) is 37.8 Å². The van der Waals surface area contributed by atoms with Gasteiger partial charge in [-0.3, -0.25) is 14.0 Å². The van der Waals surface area contributed by atoms with Crippen LogP contribution in [0.25, 0.3) is 5.65 Å². The van der Waals surface area contributed by atoms with Crippen molar-refractivity contribution in [3.63, 3.8) is 0 Å². The van der Waals surface area contributed by atoms with Crippen molar-refractivity contribution in [3.05, 3.63) is 69.7 Å². The summed E-state index contributed by atoms with van der Waals surface area (Å²) in [6.07, 6.45) is 6.90. The summed E-state index contributed by atoms with van der Waals surface area (Å²) in [4.78, 5) is 29.1. The monoisotopic (exact) mass is 411 g/mol. The molecule has 0 unspecified atom stereocenters. The molecule has 2 heterocycles. The second kappa shape index (κ2) is 8.66. The Labute approximate surface area is 173 Å². The minimum Gasteiger partial charge on any atom is -0.487 e. The van der Waals surface area contributed by atoms with Crippen LogP contribution < -0.4 is 15.6 Å². The minimum atomic E-state index is -0.218. The normalized spacial score (nSPS) is 14.7. The SMILES string of the molecule is O=C(Nc1cccc(OCc2cc(=O)n3cc(Cl)ccc3n2)c1)C1CCCCC1. The number of hydrogen-bond donors (Lipinski definition) is 1. The fourth-order valence-corrected chi connectivity index (χ4v) is 3.79. The first-order valence-corrected chi connectivity index (χ1v) is 10.2. The summed E-state index contributed by atoms with van der Waals surface area (Å²) < 4.78 is 7.20. The third-order valence-electron chi connectivity index (χ3n) is 5.14. The number of pyridine rings is 1. The molecule has 4 rings (SSSR count). The van der Waals surface area contributed by atoms with Crippen LogP contribution in [-0.2, 0) is 11.4 Å². The van der Waals surface area contributed by atoms with Crippen molar-refractivity contribution in [2.75, 3.05) is 5.32 Å². The van der Waals surface area contributed by atoms with E-state index in [1.165, 1.54) is 23.1 Å². The first-order valence-electron chi connectivity index (χ1n) is 9.80. The van der Waals surface area contributed by atoms with Gasteiger partial charge in [0, 0.05) is 29.9 Å². The lowest BCUT2D eigenvalue weighted by Crippen LogP contribution is -2.24. The van der Waals surface area contributed by atoms with Crippen molar-refractivity contribution in [2.24, 2.45) is 5.92 Å². The molecule has 0 saturated heterocycles. The quantitative estimate of drug-likeness (QED) is 0.673. The smallest absolute Gasteiger partial charge is 0.258 e. The molecule has 1 aliphatic rings. The third kappa shape index (κ3) is 4.77. The van der Waals surface area contributed by atoms with Crippen LogP contribution >= 0.6 is 11.6 Å². The highest BCUT2D eigenvalue weighted by atomic mass is 35.5. The molecular weight excluding hydrogens is 390 g/mol. The van der Waals surface area contributed by atoms with E-state index in [-0.39, 0.29) is 24.0 Å². The van der Waals surface area contributed by atoms with E-state index in [0.717, 1.165) is 25.7 Å². The van der Waals surface area contributed by atoms with Gasteiger partial charge in [0.1, 0.15) is 18.0 Å². The molecule has 1 aliphatic carbocycles. The van der Waals surface area contributed by atoms with Crippen molar-refractivity contribution < 1.29 is 9.53 Å². The van der Waals surface area contributed by atoms with Crippen molar-refractivity contribution in [2.45, 2.75) is 38.7 Å². The van der Waals surface area contributed by atoms with Crippen molar-refractivity contribution >= 4 is 28.8 Å². The summed E-state index contributed by atoms with van der Waals surface area (Å²) >= 11 is 5.93. The summed E-state index contributed by atoms with van der Waals surface area (Å²) in [6, 6.07) is 12.1. The van der Waals surface area contributed by atoms with Gasteiger partial charge in [0.15, 0.2) is 0 Å². The molecule has 0 atom stereocenters. The fourth-order valence-electron chi connectivity index (χ4n) is 3.63. The minimum absolute atomic E-state index is 0.0738. The summed E-state index contributed by atoms with van der Waals surface area (Å²) in [7, 11) is 0. The van der Waals surface area contributed by atoms with E-state index in [9.17, 15) is 9.59 Å². The Balaban J connectivity index is 1.43. The molecule has 2 aromatic heterocycles. The van der Waals surface area contributed by atoms with Crippen LogP contribution in [0.2, 0.25) is 5.02 Å². The zero-order valence-corrected chi connectivity index (χ0v) is 16.7. The number of anilines is 1. The number of benzene rings is 1. The van der Waals surface area contributed by atoms with E-state index in [1.807, 2.05) is 18.2 Å². The highest BCUT2D eigenvalue weighted by Gasteiger charge is 2.21. The first kappa shape index (κ1) is 19.5. The Morgan fingerprint density at radius 1 is 1.17 bits per heavy atom. The molecule has 29 heavy (non-hydrogen) atoms. The van der Waals surface area contributed by atoms with Crippen molar-refractivity contribution in [3.8, 4) is 5.75 Å². The predicted octanol–water partition coefficient (Wildman–Crippen LogP) is 4.45. The number of carbonyl (C=O) groups excluding carboxylic acids is 1. The lowest BCUT2D eigenvalue weighted by molar-refractivity contribution is -0.120. The summed E-state index contributed by atoms with van der Waals surface area (Å²) in [5.41, 5.74) is 1.52. The maximum absolute atomic E-state index is 12.4. The van der Waals surface area contributed by atoms with Gasteiger partial charge in [-0.1, -0.05) is 36.9 Å². The van der Waals surface area contributed by atoms with Gasteiger partial charge in [0.25, 0.3) is 5.56 Å². The van der Waals surface area contributed by atoms with Crippen LogP contribution in [0.5, 0.6) is 5.75 Å². The number of carbonyl (C=O) groups is 1. The number of hydrogen-bond acceptors (Lipinski definition) is 4. The van der Waals surface area contributed by atoms with E-state index >= 15 is 0 Å². The number of ether oxygens (including phenoxy) is 1. The summed E-state index contributed by atoms with van der Waals surface area (Å²) in [5.74, 6) is 0.769. The molecule has 0 aliphatic heterocycles. The van der Waals surface area contributed by atoms with Crippen LogP contribution in [-0.4, -0.2) is 15.3 Å². The molecule has 1 fully saturated rings. The maximum Gasteiger partial charge on any atom is 0.258 e.